The zero-order chi connectivity index (χ0) is 18.7. The second-order valence-corrected chi connectivity index (χ2v) is 6.06. The summed E-state index contributed by atoms with van der Waals surface area (Å²) in [5.41, 5.74) is 7.48. The number of halogens is 1. The van der Waals surface area contributed by atoms with Gasteiger partial charge in [-0.1, -0.05) is 29.3 Å². The number of rotatable bonds is 5. The zero-order valence-corrected chi connectivity index (χ0v) is 14.5. The molecule has 0 bridgehead atoms. The molecular formula is C18H15ClN4O3. The minimum Gasteiger partial charge on any atom is -0.418 e. The Balaban J connectivity index is 1.82. The minimum absolute atomic E-state index is 0.0876. The summed E-state index contributed by atoms with van der Waals surface area (Å²) in [5.74, 6) is -1.19. The predicted molar refractivity (Wildman–Crippen MR) is 95.3 cm³/mol. The van der Waals surface area contributed by atoms with E-state index < -0.39 is 17.9 Å². The number of benzene rings is 2. The molecule has 3 N–H and O–H groups in total. The highest BCUT2D eigenvalue weighted by molar-refractivity contribution is 6.30. The lowest BCUT2D eigenvalue weighted by atomic mass is 10.1. The standard InChI is InChI=1S/C18H15ClN4O3/c1-10-2-4-12(5-3-10)17-22-23-18(26-17)14(15(20)24)21-16(25)11-6-8-13(19)9-7-11/h2-9,14H,1H3,(H2,20,24)(H,21,25). The summed E-state index contributed by atoms with van der Waals surface area (Å²) in [5, 5.41) is 10.7. The maximum absolute atomic E-state index is 12.3. The van der Waals surface area contributed by atoms with Crippen LogP contribution in [0.25, 0.3) is 11.5 Å². The van der Waals surface area contributed by atoms with Crippen molar-refractivity contribution in [3.63, 3.8) is 0 Å². The van der Waals surface area contributed by atoms with Gasteiger partial charge in [-0.2, -0.15) is 0 Å². The van der Waals surface area contributed by atoms with E-state index in [-0.39, 0.29) is 11.8 Å². The van der Waals surface area contributed by atoms with Gasteiger partial charge in [0.05, 0.1) is 0 Å². The van der Waals surface area contributed by atoms with Gasteiger partial charge in [-0.25, -0.2) is 0 Å². The van der Waals surface area contributed by atoms with Crippen LogP contribution in [-0.4, -0.2) is 22.0 Å². The molecular weight excluding hydrogens is 356 g/mol. The molecule has 0 radical (unpaired) electrons. The van der Waals surface area contributed by atoms with Gasteiger partial charge in [-0.3, -0.25) is 9.59 Å². The van der Waals surface area contributed by atoms with Crippen LogP contribution in [-0.2, 0) is 4.79 Å². The number of primary amides is 1. The SMILES string of the molecule is Cc1ccc(-c2nnc(C(NC(=O)c3ccc(Cl)cc3)C(N)=O)o2)cc1. The van der Waals surface area contributed by atoms with Crippen LogP contribution >= 0.6 is 11.6 Å². The molecule has 0 saturated heterocycles. The molecule has 0 aliphatic heterocycles. The highest BCUT2D eigenvalue weighted by atomic mass is 35.5. The zero-order valence-electron chi connectivity index (χ0n) is 13.8. The number of aromatic nitrogens is 2. The maximum Gasteiger partial charge on any atom is 0.252 e. The van der Waals surface area contributed by atoms with Gasteiger partial charge in [-0.05, 0) is 43.3 Å². The predicted octanol–water partition coefficient (Wildman–Crippen LogP) is 2.65. The lowest BCUT2D eigenvalue weighted by Gasteiger charge is -2.11. The van der Waals surface area contributed by atoms with E-state index in [4.69, 9.17) is 21.8 Å². The quantitative estimate of drug-likeness (QED) is 0.717. The topological polar surface area (TPSA) is 111 Å². The van der Waals surface area contributed by atoms with E-state index in [0.717, 1.165) is 5.56 Å². The van der Waals surface area contributed by atoms with E-state index in [0.29, 0.717) is 16.1 Å². The van der Waals surface area contributed by atoms with E-state index >= 15 is 0 Å². The highest BCUT2D eigenvalue weighted by Crippen LogP contribution is 2.21. The third-order valence-corrected chi connectivity index (χ3v) is 3.90. The summed E-state index contributed by atoms with van der Waals surface area (Å²) in [6, 6.07) is 12.4. The van der Waals surface area contributed by atoms with E-state index in [9.17, 15) is 9.59 Å². The molecule has 1 unspecified atom stereocenters. The van der Waals surface area contributed by atoms with Crippen LogP contribution in [0.15, 0.2) is 52.9 Å². The van der Waals surface area contributed by atoms with E-state index in [1.54, 1.807) is 12.1 Å². The lowest BCUT2D eigenvalue weighted by Crippen LogP contribution is -2.37. The van der Waals surface area contributed by atoms with Crippen molar-refractivity contribution < 1.29 is 14.0 Å². The Labute approximate surface area is 154 Å². The first-order valence-corrected chi connectivity index (χ1v) is 8.08. The summed E-state index contributed by atoms with van der Waals surface area (Å²) < 4.78 is 5.53. The molecule has 2 amide bonds. The molecule has 2 aromatic carbocycles. The molecule has 7 nitrogen and oxygen atoms in total. The van der Waals surface area contributed by atoms with Crippen molar-refractivity contribution >= 4 is 23.4 Å². The second-order valence-electron chi connectivity index (χ2n) is 5.63. The first kappa shape index (κ1) is 17.6. The second kappa shape index (κ2) is 7.37. The van der Waals surface area contributed by atoms with Crippen LogP contribution in [0.1, 0.15) is 27.9 Å². The molecule has 0 fully saturated rings. The van der Waals surface area contributed by atoms with E-state index in [1.807, 2.05) is 31.2 Å². The highest BCUT2D eigenvalue weighted by Gasteiger charge is 2.27. The molecule has 26 heavy (non-hydrogen) atoms. The fourth-order valence-electron chi connectivity index (χ4n) is 2.23. The van der Waals surface area contributed by atoms with Gasteiger partial charge >= 0.3 is 0 Å². The summed E-state index contributed by atoms with van der Waals surface area (Å²) in [7, 11) is 0. The minimum atomic E-state index is -1.25. The Morgan fingerprint density at radius 3 is 2.35 bits per heavy atom. The third-order valence-electron chi connectivity index (χ3n) is 3.65. The number of hydrogen-bond donors (Lipinski definition) is 2. The number of nitrogens with zero attached hydrogens (tertiary/aromatic N) is 2. The summed E-state index contributed by atoms with van der Waals surface area (Å²) >= 11 is 5.80. The summed E-state index contributed by atoms with van der Waals surface area (Å²) in [6.07, 6.45) is 0. The Kier molecular flexibility index (Phi) is 4.99. The fourth-order valence-corrected chi connectivity index (χ4v) is 2.36. The van der Waals surface area contributed by atoms with Crippen molar-refractivity contribution in [1.82, 2.24) is 15.5 Å². The molecule has 0 aliphatic rings. The summed E-state index contributed by atoms with van der Waals surface area (Å²) in [4.78, 5) is 24.1. The van der Waals surface area contributed by atoms with Crippen LogP contribution in [0, 0.1) is 6.92 Å². The molecule has 0 aliphatic carbocycles. The van der Waals surface area contributed by atoms with Crippen molar-refractivity contribution in [2.45, 2.75) is 13.0 Å². The molecule has 8 heteroatoms. The Morgan fingerprint density at radius 2 is 1.73 bits per heavy atom. The average Bonchev–Trinajstić information content (AvgIpc) is 3.10. The van der Waals surface area contributed by atoms with Gasteiger partial charge in [0, 0.05) is 16.1 Å². The lowest BCUT2D eigenvalue weighted by molar-refractivity contribution is -0.120. The van der Waals surface area contributed by atoms with Crippen LogP contribution in [0.4, 0.5) is 0 Å². The van der Waals surface area contributed by atoms with Gasteiger partial charge in [-0.15, -0.1) is 10.2 Å². The average molecular weight is 371 g/mol. The smallest absolute Gasteiger partial charge is 0.252 e. The molecule has 3 aromatic rings. The molecule has 0 spiro atoms. The number of amides is 2. The van der Waals surface area contributed by atoms with Crippen LogP contribution in [0.2, 0.25) is 5.02 Å². The summed E-state index contributed by atoms with van der Waals surface area (Å²) in [6.45, 7) is 1.96. The molecule has 1 aromatic heterocycles. The largest absolute Gasteiger partial charge is 0.418 e. The first-order valence-electron chi connectivity index (χ1n) is 7.70. The Bertz CT molecular complexity index is 936. The van der Waals surface area contributed by atoms with Gasteiger partial charge in [0.1, 0.15) is 0 Å². The molecule has 1 heterocycles. The third kappa shape index (κ3) is 3.89. The molecule has 132 valence electrons. The van der Waals surface area contributed by atoms with E-state index in [1.165, 1.54) is 12.1 Å². The number of aryl methyl sites for hydroxylation is 1. The van der Waals surface area contributed by atoms with E-state index in [2.05, 4.69) is 15.5 Å². The number of hydrogen-bond acceptors (Lipinski definition) is 5. The maximum atomic E-state index is 12.3. The first-order chi connectivity index (χ1) is 12.4. The van der Waals surface area contributed by atoms with Crippen molar-refractivity contribution in [3.8, 4) is 11.5 Å². The number of nitrogens with two attached hydrogens (primary N) is 1. The molecule has 1 atom stereocenters. The molecule has 0 saturated carbocycles. The Morgan fingerprint density at radius 1 is 1.08 bits per heavy atom. The van der Waals surface area contributed by atoms with Crippen molar-refractivity contribution in [2.75, 3.05) is 0 Å². The van der Waals surface area contributed by atoms with Crippen molar-refractivity contribution in [2.24, 2.45) is 5.73 Å². The van der Waals surface area contributed by atoms with Crippen molar-refractivity contribution in [1.29, 1.82) is 0 Å². The monoisotopic (exact) mass is 370 g/mol. The normalized spacial score (nSPS) is 11.8. The van der Waals surface area contributed by atoms with Crippen LogP contribution in [0.5, 0.6) is 0 Å². The number of carbonyl (C=O) groups is 2. The fraction of sp³-hybridized carbons (Fsp3) is 0.111. The van der Waals surface area contributed by atoms with Crippen LogP contribution in [0.3, 0.4) is 0 Å². The van der Waals surface area contributed by atoms with Crippen molar-refractivity contribution in [3.05, 3.63) is 70.6 Å². The van der Waals surface area contributed by atoms with Gasteiger partial charge in [0.2, 0.25) is 17.7 Å². The Hall–Kier alpha value is -3.19. The van der Waals surface area contributed by atoms with Gasteiger partial charge < -0.3 is 15.5 Å². The van der Waals surface area contributed by atoms with Gasteiger partial charge in [0.25, 0.3) is 5.91 Å². The molecule has 3 rings (SSSR count). The number of carbonyl (C=O) groups excluding carboxylic acids is 2. The van der Waals surface area contributed by atoms with Gasteiger partial charge in [0.15, 0.2) is 6.04 Å². The van der Waals surface area contributed by atoms with Crippen LogP contribution < -0.4 is 11.1 Å². The number of nitrogens with one attached hydrogen (secondary N) is 1.